The van der Waals surface area contributed by atoms with E-state index in [1.54, 1.807) is 0 Å². The van der Waals surface area contributed by atoms with Crippen LogP contribution in [-0.4, -0.2) is 40.3 Å². The molecular weight excluding hydrogens is 424 g/mol. The van der Waals surface area contributed by atoms with Crippen molar-refractivity contribution >= 4 is 22.0 Å². The number of aromatic nitrogens is 1. The van der Waals surface area contributed by atoms with Gasteiger partial charge in [-0.3, -0.25) is 0 Å². The van der Waals surface area contributed by atoms with Crippen LogP contribution in [0.1, 0.15) is 42.9 Å². The van der Waals surface area contributed by atoms with E-state index in [1.165, 1.54) is 4.90 Å². The fourth-order valence-corrected chi connectivity index (χ4v) is 3.72. The molecule has 0 spiro atoms. The van der Waals surface area contributed by atoms with Gasteiger partial charge < -0.3 is 19.5 Å². The molecule has 148 valence electrons. The Balaban J connectivity index is 1.40. The van der Waals surface area contributed by atoms with Crippen molar-refractivity contribution in [2.75, 3.05) is 13.1 Å². The first kappa shape index (κ1) is 19.1. The van der Waals surface area contributed by atoms with Gasteiger partial charge in [-0.25, -0.2) is 9.78 Å². The highest BCUT2D eigenvalue weighted by molar-refractivity contribution is 9.10. The SMILES string of the molecule is O=C(O)N1CCC(c2cccc(OCc3ccc(Br)cc3OC3CC3)n2)CC1. The van der Waals surface area contributed by atoms with Crippen LogP contribution in [0.4, 0.5) is 4.79 Å². The summed E-state index contributed by atoms with van der Waals surface area (Å²) in [5.41, 5.74) is 1.96. The fraction of sp³-hybridized carbons (Fsp3) is 0.429. The van der Waals surface area contributed by atoms with Gasteiger partial charge in [0.1, 0.15) is 12.4 Å². The maximum atomic E-state index is 11.1. The van der Waals surface area contributed by atoms with Crippen LogP contribution in [0.15, 0.2) is 40.9 Å². The van der Waals surface area contributed by atoms with Gasteiger partial charge in [0.2, 0.25) is 5.88 Å². The van der Waals surface area contributed by atoms with Crippen LogP contribution < -0.4 is 9.47 Å². The summed E-state index contributed by atoms with van der Waals surface area (Å²) < 4.78 is 12.9. The lowest BCUT2D eigenvalue weighted by atomic mass is 9.93. The van der Waals surface area contributed by atoms with Crippen molar-refractivity contribution in [1.82, 2.24) is 9.88 Å². The lowest BCUT2D eigenvalue weighted by Crippen LogP contribution is -2.36. The molecule has 0 radical (unpaired) electrons. The van der Waals surface area contributed by atoms with E-state index in [0.717, 1.165) is 47.2 Å². The van der Waals surface area contributed by atoms with E-state index in [1.807, 2.05) is 36.4 Å². The zero-order chi connectivity index (χ0) is 19.5. The molecule has 2 heterocycles. The molecule has 7 heteroatoms. The summed E-state index contributed by atoms with van der Waals surface area (Å²) in [5.74, 6) is 1.70. The van der Waals surface area contributed by atoms with Crippen molar-refractivity contribution < 1.29 is 19.4 Å². The quantitative estimate of drug-likeness (QED) is 0.688. The molecule has 0 bridgehead atoms. The van der Waals surface area contributed by atoms with Crippen molar-refractivity contribution in [3.8, 4) is 11.6 Å². The van der Waals surface area contributed by atoms with Gasteiger partial charge in [-0.15, -0.1) is 0 Å². The lowest BCUT2D eigenvalue weighted by Gasteiger charge is -2.29. The van der Waals surface area contributed by atoms with Crippen molar-refractivity contribution in [3.05, 3.63) is 52.1 Å². The van der Waals surface area contributed by atoms with Crippen LogP contribution in [0.25, 0.3) is 0 Å². The molecule has 0 unspecified atom stereocenters. The summed E-state index contributed by atoms with van der Waals surface area (Å²) in [6, 6.07) is 11.8. The first-order valence-corrected chi connectivity index (χ1v) is 10.4. The summed E-state index contributed by atoms with van der Waals surface area (Å²) >= 11 is 3.50. The van der Waals surface area contributed by atoms with Crippen LogP contribution in [0.5, 0.6) is 11.6 Å². The van der Waals surface area contributed by atoms with Crippen LogP contribution >= 0.6 is 15.9 Å². The second-order valence-corrected chi connectivity index (χ2v) is 8.22. The van der Waals surface area contributed by atoms with Gasteiger partial charge in [0.05, 0.1) is 6.10 Å². The molecule has 4 rings (SSSR count). The molecule has 2 aliphatic rings. The van der Waals surface area contributed by atoms with Gasteiger partial charge in [-0.2, -0.15) is 0 Å². The van der Waals surface area contributed by atoms with E-state index in [2.05, 4.69) is 20.9 Å². The number of hydrogen-bond acceptors (Lipinski definition) is 4. The lowest BCUT2D eigenvalue weighted by molar-refractivity contribution is 0.131. The largest absolute Gasteiger partial charge is 0.490 e. The van der Waals surface area contributed by atoms with Gasteiger partial charge in [0.25, 0.3) is 0 Å². The number of carboxylic acid groups (broad SMARTS) is 1. The van der Waals surface area contributed by atoms with Crippen molar-refractivity contribution in [3.63, 3.8) is 0 Å². The van der Waals surface area contributed by atoms with Crippen molar-refractivity contribution in [2.24, 2.45) is 0 Å². The van der Waals surface area contributed by atoms with Gasteiger partial charge in [0.15, 0.2) is 0 Å². The average molecular weight is 447 g/mol. The maximum Gasteiger partial charge on any atom is 0.407 e. The molecule has 28 heavy (non-hydrogen) atoms. The highest BCUT2D eigenvalue weighted by Gasteiger charge is 2.25. The zero-order valence-corrected chi connectivity index (χ0v) is 17.1. The Hall–Kier alpha value is -2.28. The van der Waals surface area contributed by atoms with E-state index in [0.29, 0.717) is 31.7 Å². The smallest absolute Gasteiger partial charge is 0.407 e. The molecule has 1 saturated carbocycles. The molecule has 1 amide bonds. The van der Waals surface area contributed by atoms with Crippen molar-refractivity contribution in [2.45, 2.75) is 44.3 Å². The number of halogens is 1. The predicted octanol–water partition coefficient (Wildman–Crippen LogP) is 4.82. The Morgan fingerprint density at radius 2 is 1.96 bits per heavy atom. The standard InChI is InChI=1S/C21H23BrN2O4/c22-16-5-4-15(19(12-16)28-17-6-7-17)13-27-20-3-1-2-18(23-20)14-8-10-24(11-9-14)21(25)26/h1-5,12,14,17H,6-11,13H2,(H,25,26). The normalized spacial score (nSPS) is 17.4. The van der Waals surface area contributed by atoms with Crippen LogP contribution in [0.2, 0.25) is 0 Å². The van der Waals surface area contributed by atoms with E-state index in [9.17, 15) is 4.79 Å². The molecule has 1 aliphatic heterocycles. The average Bonchev–Trinajstić information content (AvgIpc) is 3.52. The first-order valence-electron chi connectivity index (χ1n) is 9.61. The summed E-state index contributed by atoms with van der Waals surface area (Å²) in [6.45, 7) is 1.49. The molecule has 1 aromatic heterocycles. The van der Waals surface area contributed by atoms with E-state index >= 15 is 0 Å². The highest BCUT2D eigenvalue weighted by atomic mass is 79.9. The Morgan fingerprint density at radius 3 is 2.68 bits per heavy atom. The number of nitrogens with zero attached hydrogens (tertiary/aromatic N) is 2. The highest BCUT2D eigenvalue weighted by Crippen LogP contribution is 2.32. The van der Waals surface area contributed by atoms with E-state index < -0.39 is 6.09 Å². The number of carbonyl (C=O) groups is 1. The monoisotopic (exact) mass is 446 g/mol. The fourth-order valence-electron chi connectivity index (χ4n) is 3.38. The molecule has 6 nitrogen and oxygen atoms in total. The Bertz CT molecular complexity index is 848. The van der Waals surface area contributed by atoms with Gasteiger partial charge >= 0.3 is 6.09 Å². The van der Waals surface area contributed by atoms with Gasteiger partial charge in [-0.1, -0.05) is 28.1 Å². The third-order valence-corrected chi connectivity index (χ3v) is 5.64. The zero-order valence-electron chi connectivity index (χ0n) is 15.5. The van der Waals surface area contributed by atoms with E-state index in [4.69, 9.17) is 14.6 Å². The third-order valence-electron chi connectivity index (χ3n) is 5.15. The van der Waals surface area contributed by atoms with Crippen molar-refractivity contribution in [1.29, 1.82) is 0 Å². The second-order valence-electron chi connectivity index (χ2n) is 7.30. The van der Waals surface area contributed by atoms with Crippen LogP contribution in [0, 0.1) is 0 Å². The molecule has 0 atom stereocenters. The minimum atomic E-state index is -0.845. The number of pyridine rings is 1. The molecular formula is C21H23BrN2O4. The minimum Gasteiger partial charge on any atom is -0.490 e. The summed E-state index contributed by atoms with van der Waals surface area (Å²) in [4.78, 5) is 17.2. The van der Waals surface area contributed by atoms with Crippen LogP contribution in [-0.2, 0) is 6.61 Å². The molecule has 1 aromatic carbocycles. The Morgan fingerprint density at radius 1 is 1.18 bits per heavy atom. The summed E-state index contributed by atoms with van der Waals surface area (Å²) in [7, 11) is 0. The number of ether oxygens (including phenoxy) is 2. The maximum absolute atomic E-state index is 11.1. The minimum absolute atomic E-state index is 0.264. The number of rotatable bonds is 6. The Kier molecular flexibility index (Phi) is 5.71. The first-order chi connectivity index (χ1) is 13.6. The third kappa shape index (κ3) is 4.76. The number of hydrogen-bond donors (Lipinski definition) is 1. The van der Waals surface area contributed by atoms with Gasteiger partial charge in [-0.05, 0) is 43.9 Å². The molecule has 1 aliphatic carbocycles. The molecule has 2 aromatic rings. The summed E-state index contributed by atoms with van der Waals surface area (Å²) in [6.07, 6.45) is 3.27. The molecule has 1 N–H and O–H groups in total. The number of likely N-dealkylation sites (tertiary alicyclic amines) is 1. The van der Waals surface area contributed by atoms with Crippen LogP contribution in [0.3, 0.4) is 0 Å². The number of amides is 1. The van der Waals surface area contributed by atoms with Gasteiger partial charge in [0, 0.05) is 40.8 Å². The number of piperidine rings is 1. The molecule has 2 fully saturated rings. The Labute approximate surface area is 172 Å². The second kappa shape index (κ2) is 8.39. The predicted molar refractivity (Wildman–Crippen MR) is 108 cm³/mol. The number of benzene rings is 1. The summed E-state index contributed by atoms with van der Waals surface area (Å²) in [5, 5.41) is 9.09. The topological polar surface area (TPSA) is 71.9 Å². The molecule has 1 saturated heterocycles. The van der Waals surface area contributed by atoms with E-state index in [-0.39, 0.29) is 5.92 Å².